The molecule has 81 heavy (non-hydrogen) atoms. The molecule has 0 amide bonds. The monoisotopic (exact) mass is 1130 g/mol. The van der Waals surface area contributed by atoms with Crippen LogP contribution in [0.25, 0.3) is 0 Å². The van der Waals surface area contributed by atoms with Gasteiger partial charge in [0, 0.05) is 19.3 Å². The van der Waals surface area contributed by atoms with E-state index in [-0.39, 0.29) is 31.1 Å². The molecule has 0 aromatic carbocycles. The number of hydrogen-bond acceptors (Lipinski definition) is 6. The van der Waals surface area contributed by atoms with Crippen LogP contribution >= 0.6 is 0 Å². The molecular weight excluding hydrogens is 997 g/mol. The summed E-state index contributed by atoms with van der Waals surface area (Å²) in [6.45, 7) is 6.57. The van der Waals surface area contributed by atoms with E-state index in [1.165, 1.54) is 225 Å². The Kier molecular flexibility index (Phi) is 66.6. The van der Waals surface area contributed by atoms with Gasteiger partial charge in [0.1, 0.15) is 13.2 Å². The van der Waals surface area contributed by atoms with E-state index >= 15 is 0 Å². The quantitative estimate of drug-likeness (QED) is 0.0261. The van der Waals surface area contributed by atoms with Crippen molar-refractivity contribution in [3.05, 3.63) is 72.9 Å². The Morgan fingerprint density at radius 3 is 0.753 bits per heavy atom. The van der Waals surface area contributed by atoms with Gasteiger partial charge < -0.3 is 14.2 Å². The van der Waals surface area contributed by atoms with Crippen molar-refractivity contribution in [2.75, 3.05) is 13.2 Å². The number of carbonyl (C=O) groups excluding carboxylic acids is 3. The summed E-state index contributed by atoms with van der Waals surface area (Å²) in [4.78, 5) is 38.5. The molecule has 0 rings (SSSR count). The third kappa shape index (κ3) is 67.5. The van der Waals surface area contributed by atoms with Gasteiger partial charge in [0.05, 0.1) is 0 Å². The lowest BCUT2D eigenvalue weighted by Crippen LogP contribution is -2.30. The Balaban J connectivity index is 4.30. The molecule has 0 aliphatic carbocycles. The zero-order chi connectivity index (χ0) is 58.5. The summed E-state index contributed by atoms with van der Waals surface area (Å²) in [5.41, 5.74) is 0. The number of allylic oxidation sites excluding steroid dienone is 12. The Morgan fingerprint density at radius 2 is 0.481 bits per heavy atom. The second-order valence-corrected chi connectivity index (χ2v) is 23.8. The molecule has 0 aliphatic rings. The molecule has 0 fully saturated rings. The first-order valence-electron chi connectivity index (χ1n) is 35.4. The molecule has 0 saturated heterocycles. The van der Waals surface area contributed by atoms with Gasteiger partial charge in [-0.1, -0.05) is 331 Å². The van der Waals surface area contributed by atoms with Gasteiger partial charge in [-0.05, 0) is 89.9 Å². The average Bonchev–Trinajstić information content (AvgIpc) is 3.47. The highest BCUT2D eigenvalue weighted by Gasteiger charge is 2.19. The van der Waals surface area contributed by atoms with Crippen molar-refractivity contribution in [2.45, 2.75) is 374 Å². The lowest BCUT2D eigenvalue weighted by atomic mass is 10.0. The van der Waals surface area contributed by atoms with Gasteiger partial charge in [-0.15, -0.1) is 0 Å². The van der Waals surface area contributed by atoms with E-state index in [0.29, 0.717) is 19.3 Å². The maximum absolute atomic E-state index is 13.0. The third-order valence-electron chi connectivity index (χ3n) is 15.7. The number of unbranched alkanes of at least 4 members (excludes halogenated alkanes) is 42. The summed E-state index contributed by atoms with van der Waals surface area (Å²) in [5.74, 6) is -0.868. The highest BCUT2D eigenvalue weighted by molar-refractivity contribution is 5.71. The largest absolute Gasteiger partial charge is 0.462 e. The fourth-order valence-corrected chi connectivity index (χ4v) is 10.4. The van der Waals surface area contributed by atoms with Gasteiger partial charge in [0.2, 0.25) is 0 Å². The maximum Gasteiger partial charge on any atom is 0.306 e. The summed E-state index contributed by atoms with van der Waals surface area (Å²) in [5, 5.41) is 0. The molecular formula is C75H134O6. The van der Waals surface area contributed by atoms with E-state index in [9.17, 15) is 14.4 Å². The van der Waals surface area contributed by atoms with Gasteiger partial charge in [-0.2, -0.15) is 0 Å². The Morgan fingerprint density at radius 1 is 0.259 bits per heavy atom. The number of rotatable bonds is 65. The van der Waals surface area contributed by atoms with Gasteiger partial charge in [0.25, 0.3) is 0 Å². The first kappa shape index (κ1) is 77.9. The SMILES string of the molecule is CC/C=C\C/C=C\C/C=C\C/C=C\CCCCCCCCC(=O)OC(COC(=O)CCCCCCCCCCCCCCCCC/C=C\C/C=C\CCCCCCC)COC(=O)CCCCCCCCCCCCCCCCCCC. The number of ether oxygens (including phenoxy) is 3. The molecule has 6 nitrogen and oxygen atoms in total. The van der Waals surface area contributed by atoms with E-state index < -0.39 is 6.10 Å². The van der Waals surface area contributed by atoms with E-state index in [1.54, 1.807) is 0 Å². The number of hydrogen-bond donors (Lipinski definition) is 0. The fraction of sp³-hybridized carbons (Fsp3) is 0.800. The minimum Gasteiger partial charge on any atom is -0.462 e. The lowest BCUT2D eigenvalue weighted by molar-refractivity contribution is -0.167. The molecule has 0 saturated carbocycles. The van der Waals surface area contributed by atoms with Crippen LogP contribution in [0.4, 0.5) is 0 Å². The Hall–Kier alpha value is -3.15. The van der Waals surface area contributed by atoms with E-state index in [2.05, 4.69) is 93.7 Å². The van der Waals surface area contributed by atoms with Crippen LogP contribution in [-0.4, -0.2) is 37.2 Å². The average molecular weight is 1130 g/mol. The van der Waals surface area contributed by atoms with Gasteiger partial charge in [-0.3, -0.25) is 14.4 Å². The molecule has 0 radical (unpaired) electrons. The van der Waals surface area contributed by atoms with Crippen LogP contribution in [0.2, 0.25) is 0 Å². The Bertz CT molecular complexity index is 1490. The molecule has 1 atom stereocenters. The zero-order valence-electron chi connectivity index (χ0n) is 54.1. The standard InChI is InChI=1S/C75H134O6/c1-4-7-10-13-16-19-22-25-28-31-33-34-35-36-37-38-39-40-42-44-47-50-53-56-59-62-65-68-74(77)80-71-72(70-79-73(76)67-64-61-58-55-52-49-46-43-30-27-24-21-18-15-12-9-6-3)81-75(78)69-66-63-60-57-54-51-48-45-41-32-29-26-23-20-17-14-11-8-5-2/h8,11,17,20,22,25-26,29,31,33,41,45,72H,4-7,9-10,12-16,18-19,21,23-24,27-28,30,32,34-40,42-44,46-71H2,1-3H3/b11-8-,20-17-,25-22-,29-26-,33-31-,45-41-. The Labute approximate surface area is 503 Å². The molecule has 6 heteroatoms. The van der Waals surface area contributed by atoms with E-state index in [4.69, 9.17) is 14.2 Å². The van der Waals surface area contributed by atoms with Crippen molar-refractivity contribution in [1.29, 1.82) is 0 Å². The van der Waals surface area contributed by atoms with Gasteiger partial charge >= 0.3 is 17.9 Å². The second kappa shape index (κ2) is 69.3. The second-order valence-electron chi connectivity index (χ2n) is 23.8. The minimum atomic E-state index is -0.783. The summed E-state index contributed by atoms with van der Waals surface area (Å²) in [6, 6.07) is 0. The summed E-state index contributed by atoms with van der Waals surface area (Å²) < 4.78 is 17.0. The van der Waals surface area contributed by atoms with E-state index in [1.807, 2.05) is 0 Å². The summed E-state index contributed by atoms with van der Waals surface area (Å²) in [7, 11) is 0. The van der Waals surface area contributed by atoms with Crippen molar-refractivity contribution in [1.82, 2.24) is 0 Å². The van der Waals surface area contributed by atoms with Crippen molar-refractivity contribution >= 4 is 17.9 Å². The molecule has 1 unspecified atom stereocenters. The summed E-state index contributed by atoms with van der Waals surface area (Å²) >= 11 is 0. The van der Waals surface area contributed by atoms with Crippen molar-refractivity contribution < 1.29 is 28.6 Å². The smallest absolute Gasteiger partial charge is 0.306 e. The molecule has 0 spiro atoms. The van der Waals surface area contributed by atoms with Crippen LogP contribution < -0.4 is 0 Å². The first-order valence-corrected chi connectivity index (χ1v) is 35.4. The van der Waals surface area contributed by atoms with Crippen molar-refractivity contribution in [3.63, 3.8) is 0 Å². The minimum absolute atomic E-state index is 0.0770. The van der Waals surface area contributed by atoms with Gasteiger partial charge in [-0.25, -0.2) is 0 Å². The summed E-state index contributed by atoms with van der Waals surface area (Å²) in [6.07, 6.45) is 90.7. The van der Waals surface area contributed by atoms with E-state index in [0.717, 1.165) is 103 Å². The van der Waals surface area contributed by atoms with Crippen LogP contribution in [0.3, 0.4) is 0 Å². The van der Waals surface area contributed by atoms with Crippen LogP contribution in [0.5, 0.6) is 0 Å². The van der Waals surface area contributed by atoms with Crippen molar-refractivity contribution in [2.24, 2.45) is 0 Å². The molecule has 0 aromatic rings. The number of esters is 3. The van der Waals surface area contributed by atoms with Crippen LogP contribution in [0.15, 0.2) is 72.9 Å². The van der Waals surface area contributed by atoms with Gasteiger partial charge in [0.15, 0.2) is 6.10 Å². The molecule has 0 bridgehead atoms. The highest BCUT2D eigenvalue weighted by atomic mass is 16.6. The maximum atomic E-state index is 13.0. The predicted molar refractivity (Wildman–Crippen MR) is 353 cm³/mol. The van der Waals surface area contributed by atoms with Crippen LogP contribution in [0, 0.1) is 0 Å². The topological polar surface area (TPSA) is 78.9 Å². The lowest BCUT2D eigenvalue weighted by Gasteiger charge is -2.18. The fourth-order valence-electron chi connectivity index (χ4n) is 10.4. The van der Waals surface area contributed by atoms with Crippen LogP contribution in [-0.2, 0) is 28.6 Å². The van der Waals surface area contributed by atoms with Crippen molar-refractivity contribution in [3.8, 4) is 0 Å². The predicted octanol–water partition coefficient (Wildman–Crippen LogP) is 24.4. The third-order valence-corrected chi connectivity index (χ3v) is 15.7. The molecule has 0 aromatic heterocycles. The first-order chi connectivity index (χ1) is 40.0. The zero-order valence-corrected chi connectivity index (χ0v) is 54.1. The highest BCUT2D eigenvalue weighted by Crippen LogP contribution is 2.18. The number of carbonyl (C=O) groups is 3. The molecule has 470 valence electrons. The molecule has 0 aliphatic heterocycles. The normalized spacial score (nSPS) is 12.5. The molecule has 0 heterocycles. The molecule has 0 N–H and O–H groups in total. The van der Waals surface area contributed by atoms with Crippen LogP contribution in [0.1, 0.15) is 367 Å².